The summed E-state index contributed by atoms with van der Waals surface area (Å²) in [5.41, 5.74) is 0.614. The SMILES string of the molecule is COc1cnccc1C(=O)NCC(Cl)CC(C)(C)C. The van der Waals surface area contributed by atoms with Gasteiger partial charge in [0.05, 0.1) is 24.2 Å². The molecule has 0 aliphatic carbocycles. The summed E-state index contributed by atoms with van der Waals surface area (Å²) >= 11 is 6.21. The molecule has 4 nitrogen and oxygen atoms in total. The second kappa shape index (κ2) is 6.75. The van der Waals surface area contributed by atoms with E-state index in [1.807, 2.05) is 0 Å². The van der Waals surface area contributed by atoms with Gasteiger partial charge in [-0.15, -0.1) is 11.6 Å². The highest BCUT2D eigenvalue weighted by Crippen LogP contribution is 2.23. The predicted molar refractivity (Wildman–Crippen MR) is 76.8 cm³/mol. The molecule has 1 amide bonds. The second-order valence-electron chi connectivity index (χ2n) is 5.65. The Morgan fingerprint density at radius 3 is 2.79 bits per heavy atom. The zero-order valence-corrected chi connectivity index (χ0v) is 12.6. The van der Waals surface area contributed by atoms with Gasteiger partial charge in [-0.05, 0) is 17.9 Å². The Morgan fingerprint density at radius 2 is 2.21 bits per heavy atom. The van der Waals surface area contributed by atoms with Gasteiger partial charge < -0.3 is 10.1 Å². The molecule has 0 aromatic carbocycles. The Bertz CT molecular complexity index is 430. The van der Waals surface area contributed by atoms with Crippen LogP contribution in [0, 0.1) is 5.41 Å². The first-order chi connectivity index (χ1) is 8.83. The number of carbonyl (C=O) groups is 1. The van der Waals surface area contributed by atoms with Gasteiger partial charge in [0.25, 0.3) is 5.91 Å². The normalized spacial score (nSPS) is 12.9. The third-order valence-corrected chi connectivity index (χ3v) is 2.88. The average molecular weight is 285 g/mol. The summed E-state index contributed by atoms with van der Waals surface area (Å²) < 4.78 is 5.10. The van der Waals surface area contributed by atoms with E-state index in [9.17, 15) is 4.79 Å². The molecule has 0 aliphatic heterocycles. The Morgan fingerprint density at radius 1 is 1.53 bits per heavy atom. The Balaban J connectivity index is 2.56. The standard InChI is InChI=1S/C14H21ClN2O2/c1-14(2,3)7-10(15)8-17-13(18)11-5-6-16-9-12(11)19-4/h5-6,9-10H,7-8H2,1-4H3,(H,17,18). The smallest absolute Gasteiger partial charge is 0.255 e. The number of amides is 1. The summed E-state index contributed by atoms with van der Waals surface area (Å²) in [4.78, 5) is 15.9. The minimum absolute atomic E-state index is 0.0863. The van der Waals surface area contributed by atoms with Gasteiger partial charge >= 0.3 is 0 Å². The van der Waals surface area contributed by atoms with Crippen LogP contribution in [-0.4, -0.2) is 29.9 Å². The van der Waals surface area contributed by atoms with E-state index in [2.05, 4.69) is 31.1 Å². The van der Waals surface area contributed by atoms with Gasteiger partial charge in [-0.25, -0.2) is 0 Å². The molecule has 1 atom stereocenters. The van der Waals surface area contributed by atoms with E-state index >= 15 is 0 Å². The molecule has 0 saturated carbocycles. The molecule has 0 bridgehead atoms. The van der Waals surface area contributed by atoms with E-state index in [0.29, 0.717) is 17.9 Å². The van der Waals surface area contributed by atoms with Crippen molar-refractivity contribution in [2.24, 2.45) is 5.41 Å². The lowest BCUT2D eigenvalue weighted by Crippen LogP contribution is -2.31. The van der Waals surface area contributed by atoms with Gasteiger partial charge in [-0.1, -0.05) is 20.8 Å². The third-order valence-electron chi connectivity index (χ3n) is 2.57. The third kappa shape index (κ3) is 5.47. The van der Waals surface area contributed by atoms with E-state index in [1.165, 1.54) is 13.3 Å². The molecule has 0 radical (unpaired) electrons. The van der Waals surface area contributed by atoms with E-state index < -0.39 is 0 Å². The van der Waals surface area contributed by atoms with Crippen molar-refractivity contribution >= 4 is 17.5 Å². The zero-order chi connectivity index (χ0) is 14.5. The number of pyridine rings is 1. The highest BCUT2D eigenvalue weighted by molar-refractivity contribution is 6.21. The fraction of sp³-hybridized carbons (Fsp3) is 0.571. The molecular weight excluding hydrogens is 264 g/mol. The van der Waals surface area contributed by atoms with Crippen LogP contribution in [0.4, 0.5) is 0 Å². The number of methoxy groups -OCH3 is 1. The number of hydrogen-bond acceptors (Lipinski definition) is 3. The maximum Gasteiger partial charge on any atom is 0.255 e. The summed E-state index contributed by atoms with van der Waals surface area (Å²) in [5.74, 6) is 0.265. The molecule has 1 aromatic rings. The number of halogens is 1. The molecule has 1 heterocycles. The summed E-state index contributed by atoms with van der Waals surface area (Å²) in [5, 5.41) is 2.73. The van der Waals surface area contributed by atoms with Crippen molar-refractivity contribution < 1.29 is 9.53 Å². The van der Waals surface area contributed by atoms with Gasteiger partial charge in [-0.3, -0.25) is 9.78 Å². The number of aromatic nitrogens is 1. The van der Waals surface area contributed by atoms with Gasteiger partial charge in [0.2, 0.25) is 0 Å². The monoisotopic (exact) mass is 284 g/mol. The highest BCUT2D eigenvalue weighted by Gasteiger charge is 2.18. The lowest BCUT2D eigenvalue weighted by molar-refractivity contribution is 0.0949. The molecule has 19 heavy (non-hydrogen) atoms. The van der Waals surface area contributed by atoms with Crippen LogP contribution in [0.2, 0.25) is 0 Å². The number of hydrogen-bond donors (Lipinski definition) is 1. The van der Waals surface area contributed by atoms with E-state index in [0.717, 1.165) is 6.42 Å². The fourth-order valence-corrected chi connectivity index (χ4v) is 2.31. The number of nitrogens with one attached hydrogen (secondary N) is 1. The van der Waals surface area contributed by atoms with Gasteiger partial charge in [0, 0.05) is 12.7 Å². The quantitative estimate of drug-likeness (QED) is 0.846. The van der Waals surface area contributed by atoms with Crippen molar-refractivity contribution in [3.8, 4) is 5.75 Å². The van der Waals surface area contributed by atoms with Gasteiger partial charge in [0.15, 0.2) is 0 Å². The Kier molecular flexibility index (Phi) is 5.60. The second-order valence-corrected chi connectivity index (χ2v) is 6.27. The first-order valence-electron chi connectivity index (χ1n) is 6.24. The van der Waals surface area contributed by atoms with E-state index in [-0.39, 0.29) is 16.7 Å². The van der Waals surface area contributed by atoms with Crippen molar-refractivity contribution in [2.45, 2.75) is 32.6 Å². The lowest BCUT2D eigenvalue weighted by Gasteiger charge is -2.22. The summed E-state index contributed by atoms with van der Waals surface area (Å²) in [6.07, 6.45) is 3.91. The van der Waals surface area contributed by atoms with Crippen LogP contribution in [0.15, 0.2) is 18.5 Å². The van der Waals surface area contributed by atoms with Crippen molar-refractivity contribution in [1.82, 2.24) is 10.3 Å². The predicted octanol–water partition coefficient (Wildman–Crippen LogP) is 2.86. The molecule has 0 fully saturated rings. The van der Waals surface area contributed by atoms with Gasteiger partial charge in [-0.2, -0.15) is 0 Å². The van der Waals surface area contributed by atoms with Crippen LogP contribution < -0.4 is 10.1 Å². The minimum Gasteiger partial charge on any atom is -0.494 e. The molecule has 1 N–H and O–H groups in total. The number of carbonyl (C=O) groups excluding carboxylic acids is 1. The van der Waals surface area contributed by atoms with Crippen molar-refractivity contribution in [3.05, 3.63) is 24.0 Å². The highest BCUT2D eigenvalue weighted by atomic mass is 35.5. The molecule has 0 aliphatic rings. The molecule has 1 aromatic heterocycles. The molecule has 5 heteroatoms. The molecule has 1 rings (SSSR count). The number of nitrogens with zero attached hydrogens (tertiary/aromatic N) is 1. The Hall–Kier alpha value is -1.29. The molecule has 0 saturated heterocycles. The van der Waals surface area contributed by atoms with Crippen LogP contribution >= 0.6 is 11.6 Å². The molecular formula is C14H21ClN2O2. The summed E-state index contributed by atoms with van der Waals surface area (Å²) in [6.45, 7) is 6.80. The lowest BCUT2D eigenvalue weighted by atomic mass is 9.90. The molecule has 1 unspecified atom stereocenters. The first kappa shape index (κ1) is 15.8. The molecule has 106 valence electrons. The fourth-order valence-electron chi connectivity index (χ4n) is 1.77. The maximum absolute atomic E-state index is 12.0. The zero-order valence-electron chi connectivity index (χ0n) is 11.9. The number of ether oxygens (including phenoxy) is 1. The summed E-state index contributed by atoms with van der Waals surface area (Å²) in [7, 11) is 1.51. The first-order valence-corrected chi connectivity index (χ1v) is 6.67. The van der Waals surface area contributed by atoms with E-state index in [1.54, 1.807) is 12.3 Å². The van der Waals surface area contributed by atoms with Crippen LogP contribution in [0.5, 0.6) is 5.75 Å². The number of alkyl halides is 1. The Labute approximate surface area is 119 Å². The van der Waals surface area contributed by atoms with Crippen LogP contribution in [0.1, 0.15) is 37.6 Å². The number of rotatable bonds is 5. The minimum atomic E-state index is -0.196. The summed E-state index contributed by atoms with van der Waals surface area (Å²) in [6, 6.07) is 1.63. The average Bonchev–Trinajstić information content (AvgIpc) is 2.33. The van der Waals surface area contributed by atoms with Crippen LogP contribution in [-0.2, 0) is 0 Å². The van der Waals surface area contributed by atoms with Crippen LogP contribution in [0.3, 0.4) is 0 Å². The van der Waals surface area contributed by atoms with Gasteiger partial charge in [0.1, 0.15) is 5.75 Å². The van der Waals surface area contributed by atoms with Crippen LogP contribution in [0.25, 0.3) is 0 Å². The van der Waals surface area contributed by atoms with E-state index in [4.69, 9.17) is 16.3 Å². The maximum atomic E-state index is 12.0. The molecule has 0 spiro atoms. The van der Waals surface area contributed by atoms with Crippen molar-refractivity contribution in [1.29, 1.82) is 0 Å². The largest absolute Gasteiger partial charge is 0.494 e. The van der Waals surface area contributed by atoms with Crippen molar-refractivity contribution in [2.75, 3.05) is 13.7 Å². The topological polar surface area (TPSA) is 51.2 Å². The van der Waals surface area contributed by atoms with Crippen molar-refractivity contribution in [3.63, 3.8) is 0 Å².